The summed E-state index contributed by atoms with van der Waals surface area (Å²) in [7, 11) is 0. The van der Waals surface area contributed by atoms with Crippen LogP contribution < -0.4 is 5.32 Å². The SMILES string of the molecule is CC(C(=O)N1CCCC(N2CCCC2)C1)C1CNC1. The Hall–Kier alpha value is -0.610. The lowest BCUT2D eigenvalue weighted by Crippen LogP contribution is -2.54. The maximum atomic E-state index is 12.6. The summed E-state index contributed by atoms with van der Waals surface area (Å²) < 4.78 is 0. The Bertz CT molecular complexity index is 323. The predicted octanol–water partition coefficient (Wildman–Crippen LogP) is 0.929. The van der Waals surface area contributed by atoms with Crippen molar-refractivity contribution in [2.24, 2.45) is 11.8 Å². The van der Waals surface area contributed by atoms with Gasteiger partial charge in [0, 0.05) is 25.0 Å². The zero-order valence-corrected chi connectivity index (χ0v) is 12.1. The van der Waals surface area contributed by atoms with Gasteiger partial charge in [-0.05, 0) is 57.8 Å². The second-order valence-corrected chi connectivity index (χ2v) is 6.53. The van der Waals surface area contributed by atoms with Crippen molar-refractivity contribution in [3.05, 3.63) is 0 Å². The molecule has 0 saturated carbocycles. The van der Waals surface area contributed by atoms with Crippen LogP contribution in [0.15, 0.2) is 0 Å². The van der Waals surface area contributed by atoms with Gasteiger partial charge in [0.25, 0.3) is 0 Å². The Labute approximate surface area is 116 Å². The van der Waals surface area contributed by atoms with Crippen molar-refractivity contribution in [3.63, 3.8) is 0 Å². The number of carbonyl (C=O) groups is 1. The van der Waals surface area contributed by atoms with E-state index >= 15 is 0 Å². The monoisotopic (exact) mass is 265 g/mol. The van der Waals surface area contributed by atoms with Gasteiger partial charge in [0.05, 0.1) is 0 Å². The lowest BCUT2D eigenvalue weighted by atomic mass is 9.87. The third-order valence-electron chi connectivity index (χ3n) is 5.27. The van der Waals surface area contributed by atoms with E-state index in [-0.39, 0.29) is 5.92 Å². The highest BCUT2D eigenvalue weighted by Crippen LogP contribution is 2.24. The van der Waals surface area contributed by atoms with E-state index < -0.39 is 0 Å². The van der Waals surface area contributed by atoms with E-state index in [2.05, 4.69) is 22.0 Å². The maximum Gasteiger partial charge on any atom is 0.225 e. The smallest absolute Gasteiger partial charge is 0.225 e. The molecule has 0 spiro atoms. The molecule has 3 aliphatic rings. The highest BCUT2D eigenvalue weighted by atomic mass is 16.2. The summed E-state index contributed by atoms with van der Waals surface area (Å²) in [5, 5.41) is 3.27. The van der Waals surface area contributed by atoms with Crippen LogP contribution >= 0.6 is 0 Å². The first-order valence-electron chi connectivity index (χ1n) is 7.99. The first-order chi connectivity index (χ1) is 9.25. The summed E-state index contributed by atoms with van der Waals surface area (Å²) in [5.41, 5.74) is 0. The van der Waals surface area contributed by atoms with E-state index in [1.807, 2.05) is 0 Å². The molecule has 4 heteroatoms. The summed E-state index contributed by atoms with van der Waals surface area (Å²) in [6.07, 6.45) is 5.15. The zero-order chi connectivity index (χ0) is 13.2. The number of likely N-dealkylation sites (tertiary alicyclic amines) is 2. The Morgan fingerprint density at radius 1 is 1.16 bits per heavy atom. The second kappa shape index (κ2) is 5.80. The Balaban J connectivity index is 1.56. The predicted molar refractivity (Wildman–Crippen MR) is 75.9 cm³/mol. The van der Waals surface area contributed by atoms with Gasteiger partial charge < -0.3 is 10.2 Å². The third-order valence-corrected chi connectivity index (χ3v) is 5.27. The quantitative estimate of drug-likeness (QED) is 0.824. The van der Waals surface area contributed by atoms with Crippen LogP contribution in [-0.4, -0.2) is 61.0 Å². The lowest BCUT2D eigenvalue weighted by molar-refractivity contribution is -0.139. The molecule has 2 unspecified atom stereocenters. The molecule has 0 aromatic heterocycles. The molecule has 2 atom stereocenters. The van der Waals surface area contributed by atoms with Gasteiger partial charge in [0.15, 0.2) is 0 Å². The minimum atomic E-state index is 0.207. The van der Waals surface area contributed by atoms with Crippen LogP contribution in [0.2, 0.25) is 0 Å². The van der Waals surface area contributed by atoms with Crippen molar-refractivity contribution in [2.45, 2.75) is 38.6 Å². The molecule has 19 heavy (non-hydrogen) atoms. The Morgan fingerprint density at radius 3 is 2.53 bits per heavy atom. The van der Waals surface area contributed by atoms with Crippen LogP contribution in [0, 0.1) is 11.8 Å². The van der Waals surface area contributed by atoms with E-state index in [4.69, 9.17) is 0 Å². The van der Waals surface area contributed by atoms with Gasteiger partial charge >= 0.3 is 0 Å². The molecule has 1 amide bonds. The summed E-state index contributed by atoms with van der Waals surface area (Å²) in [5.74, 6) is 1.17. The molecule has 3 rings (SSSR count). The van der Waals surface area contributed by atoms with Gasteiger partial charge in [-0.2, -0.15) is 0 Å². The van der Waals surface area contributed by atoms with Gasteiger partial charge in [0.1, 0.15) is 0 Å². The fourth-order valence-corrected chi connectivity index (χ4v) is 3.71. The van der Waals surface area contributed by atoms with Crippen molar-refractivity contribution < 1.29 is 4.79 Å². The van der Waals surface area contributed by atoms with Crippen LogP contribution in [0.4, 0.5) is 0 Å². The van der Waals surface area contributed by atoms with Crippen LogP contribution in [0.1, 0.15) is 32.6 Å². The van der Waals surface area contributed by atoms with Crippen LogP contribution in [-0.2, 0) is 4.79 Å². The first kappa shape index (κ1) is 13.4. The summed E-state index contributed by atoms with van der Waals surface area (Å²) in [4.78, 5) is 17.3. The molecule has 3 saturated heterocycles. The number of amides is 1. The van der Waals surface area contributed by atoms with Gasteiger partial charge in [-0.25, -0.2) is 0 Å². The molecule has 0 aliphatic carbocycles. The highest BCUT2D eigenvalue weighted by molar-refractivity contribution is 5.79. The number of piperidine rings is 1. The van der Waals surface area contributed by atoms with E-state index in [1.54, 1.807) is 0 Å². The standard InChI is InChI=1S/C15H27N3O/c1-12(13-9-16-10-13)15(19)18-8-4-5-14(11-18)17-6-2-3-7-17/h12-14,16H,2-11H2,1H3. The van der Waals surface area contributed by atoms with E-state index in [9.17, 15) is 4.79 Å². The number of hydrogen-bond acceptors (Lipinski definition) is 3. The van der Waals surface area contributed by atoms with E-state index in [0.29, 0.717) is 17.9 Å². The molecule has 108 valence electrons. The van der Waals surface area contributed by atoms with Gasteiger partial charge in [0.2, 0.25) is 5.91 Å². The first-order valence-corrected chi connectivity index (χ1v) is 7.99. The van der Waals surface area contributed by atoms with Crippen LogP contribution in [0.5, 0.6) is 0 Å². The molecule has 0 aromatic rings. The molecule has 3 heterocycles. The minimum Gasteiger partial charge on any atom is -0.341 e. The third kappa shape index (κ3) is 2.79. The van der Waals surface area contributed by atoms with E-state index in [1.165, 1.54) is 38.8 Å². The molecule has 4 nitrogen and oxygen atoms in total. The zero-order valence-electron chi connectivity index (χ0n) is 12.1. The fourth-order valence-electron chi connectivity index (χ4n) is 3.71. The van der Waals surface area contributed by atoms with Gasteiger partial charge in [-0.15, -0.1) is 0 Å². The van der Waals surface area contributed by atoms with Crippen LogP contribution in [0.25, 0.3) is 0 Å². The highest BCUT2D eigenvalue weighted by Gasteiger charge is 2.35. The number of hydrogen-bond donors (Lipinski definition) is 1. The summed E-state index contributed by atoms with van der Waals surface area (Å²) >= 11 is 0. The van der Waals surface area contributed by atoms with Crippen molar-refractivity contribution >= 4 is 5.91 Å². The van der Waals surface area contributed by atoms with Crippen molar-refractivity contribution in [2.75, 3.05) is 39.3 Å². The number of nitrogens with zero attached hydrogens (tertiary/aromatic N) is 2. The van der Waals surface area contributed by atoms with E-state index in [0.717, 1.165) is 26.2 Å². The Kier molecular flexibility index (Phi) is 4.08. The molecule has 0 aromatic carbocycles. The topological polar surface area (TPSA) is 35.6 Å². The van der Waals surface area contributed by atoms with Crippen LogP contribution in [0.3, 0.4) is 0 Å². The molecule has 3 aliphatic heterocycles. The average Bonchev–Trinajstić information content (AvgIpc) is 2.90. The number of nitrogens with one attached hydrogen (secondary N) is 1. The number of carbonyl (C=O) groups excluding carboxylic acids is 1. The molecular weight excluding hydrogens is 238 g/mol. The summed E-state index contributed by atoms with van der Waals surface area (Å²) in [6, 6.07) is 0.631. The Morgan fingerprint density at radius 2 is 1.89 bits per heavy atom. The second-order valence-electron chi connectivity index (χ2n) is 6.53. The molecule has 3 fully saturated rings. The normalized spacial score (nSPS) is 31.2. The van der Waals surface area contributed by atoms with Gasteiger partial charge in [-0.3, -0.25) is 9.69 Å². The number of rotatable bonds is 3. The maximum absolute atomic E-state index is 12.6. The average molecular weight is 265 g/mol. The van der Waals surface area contributed by atoms with Crippen molar-refractivity contribution in [3.8, 4) is 0 Å². The molecule has 0 bridgehead atoms. The molecular formula is C15H27N3O. The van der Waals surface area contributed by atoms with Crippen molar-refractivity contribution in [1.29, 1.82) is 0 Å². The fraction of sp³-hybridized carbons (Fsp3) is 0.933. The summed E-state index contributed by atoms with van der Waals surface area (Å²) in [6.45, 7) is 8.61. The van der Waals surface area contributed by atoms with Gasteiger partial charge in [-0.1, -0.05) is 6.92 Å². The molecule has 0 radical (unpaired) electrons. The minimum absolute atomic E-state index is 0.207. The van der Waals surface area contributed by atoms with Crippen molar-refractivity contribution in [1.82, 2.24) is 15.1 Å². The lowest BCUT2D eigenvalue weighted by Gasteiger charge is -2.40. The molecule has 1 N–H and O–H groups in total. The largest absolute Gasteiger partial charge is 0.341 e.